The molecule has 2 aliphatic heterocycles. The molecule has 0 radical (unpaired) electrons. The molecule has 0 saturated carbocycles. The number of aliphatic hydroxyl groups excluding tert-OH is 1. The Labute approximate surface area is 158 Å². The molecule has 0 unspecified atom stereocenters. The first-order valence-corrected chi connectivity index (χ1v) is 9.29. The summed E-state index contributed by atoms with van der Waals surface area (Å²) in [7, 11) is 0. The van der Waals surface area contributed by atoms with E-state index in [-0.39, 0.29) is 18.4 Å². The lowest BCUT2D eigenvalue weighted by atomic mass is 9.73. The number of amides is 2. The molecule has 2 atom stereocenters. The maximum atomic E-state index is 12.2. The Morgan fingerprint density at radius 2 is 2.07 bits per heavy atom. The van der Waals surface area contributed by atoms with Crippen molar-refractivity contribution in [3.8, 4) is 0 Å². The van der Waals surface area contributed by atoms with Crippen LogP contribution in [0.3, 0.4) is 0 Å². The highest BCUT2D eigenvalue weighted by Gasteiger charge is 2.53. The molecule has 0 bridgehead atoms. The largest absolute Gasteiger partial charge is 0.388 e. The van der Waals surface area contributed by atoms with Gasteiger partial charge in [-0.2, -0.15) is 0 Å². The maximum absolute atomic E-state index is 12.2. The maximum Gasteiger partial charge on any atom is 0.239 e. The minimum absolute atomic E-state index is 0.160. The van der Waals surface area contributed by atoms with E-state index >= 15 is 0 Å². The summed E-state index contributed by atoms with van der Waals surface area (Å²) in [6.45, 7) is 7.05. The number of hydrogen-bond donors (Lipinski definition) is 3. The van der Waals surface area contributed by atoms with Gasteiger partial charge in [0.15, 0.2) is 5.82 Å². The quantitative estimate of drug-likeness (QED) is 0.693. The molecule has 9 heteroatoms. The summed E-state index contributed by atoms with van der Waals surface area (Å²) in [5.41, 5.74) is -1.39. The molecule has 0 aromatic carbocycles. The van der Waals surface area contributed by atoms with Crippen molar-refractivity contribution < 1.29 is 24.0 Å². The van der Waals surface area contributed by atoms with E-state index in [1.54, 1.807) is 13.0 Å². The first kappa shape index (κ1) is 19.8. The highest BCUT2D eigenvalue weighted by molar-refractivity contribution is 5.91. The Balaban J connectivity index is 1.55. The molecule has 1 aromatic heterocycles. The van der Waals surface area contributed by atoms with Crippen LogP contribution in [-0.4, -0.2) is 70.5 Å². The minimum atomic E-state index is -0.795. The summed E-state index contributed by atoms with van der Waals surface area (Å²) in [6, 6.07) is 1.66. The standard InChI is InChI=1S/C18H28N4O5/c1-12-10-14(21-27-12)19-15(24)11-22-7-4-18(5-8-22)16(25)17(3,6-9-26-18)20-13(2)23/h10,16,25H,4-9,11H2,1-3H3,(H,20,23)(H,19,21,24)/t16-,17+/m1/s1. The highest BCUT2D eigenvalue weighted by Crippen LogP contribution is 2.39. The molecule has 3 rings (SSSR count). The molecule has 2 aliphatic rings. The van der Waals surface area contributed by atoms with Crippen LogP contribution in [0.15, 0.2) is 10.6 Å². The van der Waals surface area contributed by atoms with Crippen LogP contribution in [0.4, 0.5) is 5.82 Å². The van der Waals surface area contributed by atoms with Crippen LogP contribution in [0.2, 0.25) is 0 Å². The summed E-state index contributed by atoms with van der Waals surface area (Å²) >= 11 is 0. The van der Waals surface area contributed by atoms with Crippen molar-refractivity contribution in [3.05, 3.63) is 11.8 Å². The van der Waals surface area contributed by atoms with Crippen LogP contribution in [-0.2, 0) is 14.3 Å². The number of aliphatic hydroxyl groups is 1. The summed E-state index contributed by atoms with van der Waals surface area (Å²) in [4.78, 5) is 25.7. The van der Waals surface area contributed by atoms with Crippen LogP contribution < -0.4 is 10.6 Å². The number of carbonyl (C=O) groups is 2. The number of aryl methyl sites for hydroxylation is 1. The lowest BCUT2D eigenvalue weighted by Crippen LogP contribution is -2.69. The van der Waals surface area contributed by atoms with Crippen molar-refractivity contribution in [2.45, 2.75) is 57.3 Å². The zero-order valence-corrected chi connectivity index (χ0v) is 16.1. The predicted octanol–water partition coefficient (Wildman–Crippen LogP) is 0.432. The average molecular weight is 380 g/mol. The molecular formula is C18H28N4O5. The second-order valence-corrected chi connectivity index (χ2v) is 7.81. The smallest absolute Gasteiger partial charge is 0.239 e. The molecule has 150 valence electrons. The normalized spacial score (nSPS) is 28.1. The summed E-state index contributed by atoms with van der Waals surface area (Å²) in [6.07, 6.45) is 0.967. The minimum Gasteiger partial charge on any atom is -0.388 e. The van der Waals surface area contributed by atoms with Gasteiger partial charge in [0.25, 0.3) is 0 Å². The predicted molar refractivity (Wildman–Crippen MR) is 97.1 cm³/mol. The molecule has 1 aromatic rings. The summed E-state index contributed by atoms with van der Waals surface area (Å²) in [5.74, 6) is 0.720. The lowest BCUT2D eigenvalue weighted by Gasteiger charge is -2.53. The van der Waals surface area contributed by atoms with Gasteiger partial charge in [-0.25, -0.2) is 0 Å². The van der Waals surface area contributed by atoms with Gasteiger partial charge in [-0.15, -0.1) is 0 Å². The SMILES string of the molecule is CC(=O)N[C@@]1(C)CCOC2(CCN(CC(=O)Nc3cc(C)on3)CC2)[C@@H]1O. The van der Waals surface area contributed by atoms with E-state index in [0.29, 0.717) is 50.5 Å². The third-order valence-corrected chi connectivity index (χ3v) is 5.54. The third kappa shape index (κ3) is 4.31. The second-order valence-electron chi connectivity index (χ2n) is 7.81. The van der Waals surface area contributed by atoms with Crippen molar-refractivity contribution in [3.63, 3.8) is 0 Å². The number of piperidine rings is 1. The van der Waals surface area contributed by atoms with E-state index in [2.05, 4.69) is 15.8 Å². The van der Waals surface area contributed by atoms with Crippen molar-refractivity contribution >= 4 is 17.6 Å². The number of carbonyl (C=O) groups excluding carboxylic acids is 2. The van der Waals surface area contributed by atoms with E-state index in [1.165, 1.54) is 6.92 Å². The molecule has 0 aliphatic carbocycles. The first-order chi connectivity index (χ1) is 12.7. The van der Waals surface area contributed by atoms with Crippen LogP contribution in [0.25, 0.3) is 0 Å². The molecule has 2 amide bonds. The molecule has 2 saturated heterocycles. The fourth-order valence-corrected chi connectivity index (χ4v) is 4.11. The van der Waals surface area contributed by atoms with Crippen LogP contribution in [0.1, 0.15) is 38.9 Å². The summed E-state index contributed by atoms with van der Waals surface area (Å²) in [5, 5.41) is 20.3. The van der Waals surface area contributed by atoms with Gasteiger partial charge in [0.2, 0.25) is 11.8 Å². The van der Waals surface area contributed by atoms with Gasteiger partial charge in [-0.3, -0.25) is 14.5 Å². The molecule has 9 nitrogen and oxygen atoms in total. The van der Waals surface area contributed by atoms with E-state index in [1.807, 2.05) is 11.8 Å². The molecule has 1 spiro atoms. The van der Waals surface area contributed by atoms with Gasteiger partial charge in [0.05, 0.1) is 17.7 Å². The van der Waals surface area contributed by atoms with E-state index in [0.717, 1.165) is 0 Å². The zero-order valence-electron chi connectivity index (χ0n) is 16.1. The van der Waals surface area contributed by atoms with E-state index < -0.39 is 17.2 Å². The van der Waals surface area contributed by atoms with Gasteiger partial charge < -0.3 is 25.0 Å². The number of anilines is 1. The van der Waals surface area contributed by atoms with Crippen LogP contribution in [0.5, 0.6) is 0 Å². The number of rotatable bonds is 4. The number of aromatic nitrogens is 1. The molecule has 3 heterocycles. The van der Waals surface area contributed by atoms with Gasteiger partial charge in [-0.05, 0) is 33.1 Å². The fourth-order valence-electron chi connectivity index (χ4n) is 4.11. The lowest BCUT2D eigenvalue weighted by molar-refractivity contribution is -0.207. The second kappa shape index (κ2) is 7.57. The molecule has 2 fully saturated rings. The Kier molecular flexibility index (Phi) is 5.55. The number of hydrogen-bond acceptors (Lipinski definition) is 7. The Morgan fingerprint density at radius 1 is 1.37 bits per heavy atom. The molecular weight excluding hydrogens is 352 g/mol. The third-order valence-electron chi connectivity index (χ3n) is 5.54. The van der Waals surface area contributed by atoms with Crippen molar-refractivity contribution in [1.82, 2.24) is 15.4 Å². The number of nitrogens with one attached hydrogen (secondary N) is 2. The van der Waals surface area contributed by atoms with Crippen LogP contribution >= 0.6 is 0 Å². The highest BCUT2D eigenvalue weighted by atomic mass is 16.5. The Morgan fingerprint density at radius 3 is 2.67 bits per heavy atom. The molecule has 3 N–H and O–H groups in total. The first-order valence-electron chi connectivity index (χ1n) is 9.29. The molecule has 27 heavy (non-hydrogen) atoms. The number of likely N-dealkylation sites (tertiary alicyclic amines) is 1. The summed E-state index contributed by atoms with van der Waals surface area (Å²) < 4.78 is 10.9. The van der Waals surface area contributed by atoms with E-state index in [9.17, 15) is 14.7 Å². The van der Waals surface area contributed by atoms with Crippen molar-refractivity contribution in [1.29, 1.82) is 0 Å². The number of nitrogens with zero attached hydrogens (tertiary/aromatic N) is 2. The van der Waals surface area contributed by atoms with Gasteiger partial charge in [0, 0.05) is 32.7 Å². The van der Waals surface area contributed by atoms with Crippen LogP contribution in [0, 0.1) is 6.92 Å². The Hall–Kier alpha value is -1.97. The van der Waals surface area contributed by atoms with Gasteiger partial charge >= 0.3 is 0 Å². The zero-order chi connectivity index (χ0) is 19.7. The van der Waals surface area contributed by atoms with Gasteiger partial charge in [0.1, 0.15) is 11.9 Å². The van der Waals surface area contributed by atoms with Gasteiger partial charge in [-0.1, -0.05) is 5.16 Å². The van der Waals surface area contributed by atoms with Crippen molar-refractivity contribution in [2.75, 3.05) is 31.6 Å². The average Bonchev–Trinajstić information content (AvgIpc) is 2.99. The monoisotopic (exact) mass is 380 g/mol. The topological polar surface area (TPSA) is 117 Å². The van der Waals surface area contributed by atoms with E-state index in [4.69, 9.17) is 9.26 Å². The number of ether oxygens (including phenoxy) is 1. The fraction of sp³-hybridized carbons (Fsp3) is 0.722. The van der Waals surface area contributed by atoms with Crippen molar-refractivity contribution in [2.24, 2.45) is 0 Å². The Bertz CT molecular complexity index is 698.